The molecule has 0 aliphatic heterocycles. The van der Waals surface area contributed by atoms with Gasteiger partial charge in [0.25, 0.3) is 5.91 Å². The van der Waals surface area contributed by atoms with E-state index in [2.05, 4.69) is 30.1 Å². The van der Waals surface area contributed by atoms with Crippen LogP contribution in [0.25, 0.3) is 16.8 Å². The molecule has 0 bridgehead atoms. The third-order valence-corrected chi connectivity index (χ3v) is 8.57. The summed E-state index contributed by atoms with van der Waals surface area (Å²) < 4.78 is 14.2. The van der Waals surface area contributed by atoms with Gasteiger partial charge < -0.3 is 9.47 Å². The monoisotopic (exact) mass is 587 g/mol. The Balaban J connectivity index is 1.42. The average molecular weight is 588 g/mol. The molecule has 2 aromatic heterocycles. The number of anilines is 1. The molecule has 0 atom stereocenters. The maximum absolute atomic E-state index is 13.4. The van der Waals surface area contributed by atoms with Gasteiger partial charge in [0.2, 0.25) is 5.95 Å². The molecule has 2 aromatic carbocycles. The highest BCUT2D eigenvalue weighted by Gasteiger charge is 2.16. The Morgan fingerprint density at radius 1 is 0.952 bits per heavy atom. The number of nitrogens with one attached hydrogen (secondary N) is 1. The highest BCUT2D eigenvalue weighted by Crippen LogP contribution is 2.23. The number of aromatic nitrogens is 4. The maximum atomic E-state index is 13.4. The van der Waals surface area contributed by atoms with E-state index in [9.17, 15) is 9.59 Å². The summed E-state index contributed by atoms with van der Waals surface area (Å²) in [7, 11) is 0.272. The van der Waals surface area contributed by atoms with Gasteiger partial charge in [0, 0.05) is 50.3 Å². The van der Waals surface area contributed by atoms with Gasteiger partial charge in [0.15, 0.2) is 0 Å². The second kappa shape index (κ2) is 14.7. The summed E-state index contributed by atoms with van der Waals surface area (Å²) >= 11 is 0. The van der Waals surface area contributed by atoms with Crippen molar-refractivity contribution in [3.8, 4) is 16.8 Å². The molecule has 222 valence electrons. The zero-order valence-corrected chi connectivity index (χ0v) is 26.0. The molecule has 0 unspecified atom stereocenters. The zero-order valence-electron chi connectivity index (χ0n) is 25.0. The molecule has 2 heterocycles. The first-order valence-corrected chi connectivity index (χ1v) is 18.1. The van der Waals surface area contributed by atoms with Gasteiger partial charge in [-0.1, -0.05) is 56.4 Å². The number of esters is 1. The molecule has 0 saturated carbocycles. The van der Waals surface area contributed by atoms with E-state index in [-0.39, 0.29) is 11.9 Å². The van der Waals surface area contributed by atoms with E-state index in [0.717, 1.165) is 60.8 Å². The van der Waals surface area contributed by atoms with E-state index < -0.39 is 8.07 Å². The van der Waals surface area contributed by atoms with Crippen LogP contribution in [0.4, 0.5) is 5.95 Å². The first kappa shape index (κ1) is 30.9. The third kappa shape index (κ3) is 9.25. The Labute approximate surface area is 248 Å². The number of carbonyl (C=O) groups excluding carboxylic acids is 2. The summed E-state index contributed by atoms with van der Waals surface area (Å²) in [6.45, 7) is 8.13. The summed E-state index contributed by atoms with van der Waals surface area (Å²) in [6, 6.07) is 18.4. The molecule has 10 heteroatoms. The number of imidazole rings is 1. The standard InChI is InChI=1S/C32H41N5O4Si/c1-40-30(38)17-10-5-7-14-28-23-37(29-15-8-6-9-16-29)32(34-28)35-31(39)26-13-11-12-25(20-26)27-21-33-36(22-27)24-41-18-19-42(2,3)4/h6,8-9,11-13,15-16,20-23H,5,7,10,14,17-19,24H2,1-4H3,(H,34,35,39). The summed E-state index contributed by atoms with van der Waals surface area (Å²) in [6.07, 6.45) is 9.40. The Morgan fingerprint density at radius 2 is 1.76 bits per heavy atom. The molecule has 9 nitrogen and oxygen atoms in total. The summed E-state index contributed by atoms with van der Waals surface area (Å²) in [5.41, 5.74) is 4.12. The fraction of sp³-hybridized carbons (Fsp3) is 0.375. The molecule has 0 fully saturated rings. The van der Waals surface area contributed by atoms with Crippen molar-refractivity contribution >= 4 is 25.9 Å². The number of rotatable bonds is 15. The SMILES string of the molecule is COC(=O)CCCCCc1cn(-c2ccccc2)c(NC(=O)c2cccc(-c3cnn(COCC[Si](C)(C)C)c3)c2)n1. The van der Waals surface area contributed by atoms with Gasteiger partial charge in [0.1, 0.15) is 6.73 Å². The summed E-state index contributed by atoms with van der Waals surface area (Å²) in [5, 5.41) is 7.45. The van der Waals surface area contributed by atoms with Crippen molar-refractivity contribution in [3.05, 3.63) is 84.4 Å². The third-order valence-electron chi connectivity index (χ3n) is 6.87. The van der Waals surface area contributed by atoms with Crippen molar-refractivity contribution in [1.29, 1.82) is 0 Å². The molecule has 0 spiro atoms. The van der Waals surface area contributed by atoms with Gasteiger partial charge in [-0.05, 0) is 55.1 Å². The topological polar surface area (TPSA) is 100 Å². The van der Waals surface area contributed by atoms with Crippen molar-refractivity contribution in [2.24, 2.45) is 0 Å². The smallest absolute Gasteiger partial charge is 0.305 e. The lowest BCUT2D eigenvalue weighted by Gasteiger charge is -2.15. The van der Waals surface area contributed by atoms with Gasteiger partial charge >= 0.3 is 5.97 Å². The largest absolute Gasteiger partial charge is 0.469 e. The summed E-state index contributed by atoms with van der Waals surface area (Å²) in [5.74, 6) is 0.0314. The first-order chi connectivity index (χ1) is 20.2. The number of para-hydroxylation sites is 1. The lowest BCUT2D eigenvalue weighted by Crippen LogP contribution is -2.22. The van der Waals surface area contributed by atoms with Gasteiger partial charge in [-0.2, -0.15) is 5.10 Å². The van der Waals surface area contributed by atoms with E-state index in [1.807, 2.05) is 65.5 Å². The number of hydrogen-bond acceptors (Lipinski definition) is 6. The maximum Gasteiger partial charge on any atom is 0.305 e. The molecule has 0 aliphatic carbocycles. The van der Waals surface area contributed by atoms with Crippen LogP contribution in [0.15, 0.2) is 73.2 Å². The van der Waals surface area contributed by atoms with Crippen molar-refractivity contribution in [1.82, 2.24) is 19.3 Å². The van der Waals surface area contributed by atoms with Crippen LogP contribution in [0.5, 0.6) is 0 Å². The Kier molecular flexibility index (Phi) is 10.9. The minimum absolute atomic E-state index is 0.187. The number of nitrogens with zero attached hydrogens (tertiary/aromatic N) is 4. The van der Waals surface area contributed by atoms with E-state index in [1.165, 1.54) is 7.11 Å². The molecule has 1 N–H and O–H groups in total. The van der Waals surface area contributed by atoms with Crippen LogP contribution in [-0.2, 0) is 27.4 Å². The number of amides is 1. The van der Waals surface area contributed by atoms with Crippen LogP contribution in [0.3, 0.4) is 0 Å². The van der Waals surface area contributed by atoms with E-state index >= 15 is 0 Å². The van der Waals surface area contributed by atoms with Crippen molar-refractivity contribution in [2.75, 3.05) is 19.0 Å². The number of aryl methyl sites for hydroxylation is 1. The Morgan fingerprint density at radius 3 is 2.52 bits per heavy atom. The number of hydrogen-bond donors (Lipinski definition) is 1. The Bertz CT molecular complexity index is 1460. The molecule has 4 aromatic rings. The number of ether oxygens (including phenoxy) is 2. The predicted molar refractivity (Wildman–Crippen MR) is 167 cm³/mol. The molecular weight excluding hydrogens is 546 g/mol. The van der Waals surface area contributed by atoms with Crippen molar-refractivity contribution in [3.63, 3.8) is 0 Å². The molecule has 4 rings (SSSR count). The van der Waals surface area contributed by atoms with E-state index in [0.29, 0.717) is 24.7 Å². The van der Waals surface area contributed by atoms with Crippen LogP contribution in [-0.4, -0.2) is 53.0 Å². The first-order valence-electron chi connectivity index (χ1n) is 14.4. The van der Waals surface area contributed by atoms with Crippen LogP contribution >= 0.6 is 0 Å². The average Bonchev–Trinajstić information content (AvgIpc) is 3.62. The molecule has 0 saturated heterocycles. The number of benzene rings is 2. The van der Waals surface area contributed by atoms with Gasteiger partial charge in [-0.25, -0.2) is 9.67 Å². The molecule has 1 amide bonds. The Hall–Kier alpha value is -4.02. The molecule has 42 heavy (non-hydrogen) atoms. The minimum atomic E-state index is -1.14. The normalized spacial score (nSPS) is 11.4. The highest BCUT2D eigenvalue weighted by molar-refractivity contribution is 6.76. The van der Waals surface area contributed by atoms with E-state index in [1.54, 1.807) is 16.9 Å². The van der Waals surface area contributed by atoms with Gasteiger partial charge in [-0.15, -0.1) is 0 Å². The predicted octanol–water partition coefficient (Wildman–Crippen LogP) is 6.58. The van der Waals surface area contributed by atoms with Crippen LogP contribution in [0, 0.1) is 0 Å². The number of methoxy groups -OCH3 is 1. The van der Waals surface area contributed by atoms with Gasteiger partial charge in [0.05, 0.1) is 19.0 Å². The second-order valence-electron chi connectivity index (χ2n) is 11.5. The van der Waals surface area contributed by atoms with Gasteiger partial charge in [-0.3, -0.25) is 19.5 Å². The van der Waals surface area contributed by atoms with E-state index in [4.69, 9.17) is 14.5 Å². The van der Waals surface area contributed by atoms with Crippen LogP contribution < -0.4 is 5.32 Å². The highest BCUT2D eigenvalue weighted by atomic mass is 28.3. The fourth-order valence-electron chi connectivity index (χ4n) is 4.41. The number of carbonyl (C=O) groups is 2. The van der Waals surface area contributed by atoms with Crippen molar-refractivity contribution in [2.45, 2.75) is 64.5 Å². The molecular formula is C32H41N5O4Si. The lowest BCUT2D eigenvalue weighted by atomic mass is 10.1. The zero-order chi connectivity index (χ0) is 30.0. The van der Waals surface area contributed by atoms with Crippen molar-refractivity contribution < 1.29 is 19.1 Å². The quantitative estimate of drug-likeness (QED) is 0.0959. The molecule has 0 radical (unpaired) electrons. The fourth-order valence-corrected chi connectivity index (χ4v) is 5.17. The lowest BCUT2D eigenvalue weighted by molar-refractivity contribution is -0.140. The summed E-state index contributed by atoms with van der Waals surface area (Å²) in [4.78, 5) is 29.5. The molecule has 0 aliphatic rings. The number of unbranched alkanes of at least 4 members (excludes halogenated alkanes) is 2. The van der Waals surface area contributed by atoms with Crippen LogP contribution in [0.2, 0.25) is 25.7 Å². The minimum Gasteiger partial charge on any atom is -0.469 e. The van der Waals surface area contributed by atoms with Crippen LogP contribution in [0.1, 0.15) is 41.7 Å². The second-order valence-corrected chi connectivity index (χ2v) is 17.2.